The van der Waals surface area contributed by atoms with Crippen LogP contribution < -0.4 is 9.64 Å². The van der Waals surface area contributed by atoms with E-state index in [1.165, 1.54) is 23.5 Å². The first kappa shape index (κ1) is 22.0. The largest absolute Gasteiger partial charge is 0.497 e. The zero-order valence-electron chi connectivity index (χ0n) is 17.6. The minimum Gasteiger partial charge on any atom is -0.497 e. The maximum absolute atomic E-state index is 13.4. The molecule has 2 heterocycles. The van der Waals surface area contributed by atoms with Gasteiger partial charge in [0.15, 0.2) is 15.0 Å². The van der Waals surface area contributed by atoms with E-state index in [9.17, 15) is 13.2 Å². The van der Waals surface area contributed by atoms with Crippen LogP contribution in [-0.2, 0) is 16.4 Å². The summed E-state index contributed by atoms with van der Waals surface area (Å²) >= 11 is 1.39. The van der Waals surface area contributed by atoms with Crippen LogP contribution in [-0.4, -0.2) is 48.5 Å². The number of rotatable bonds is 8. The van der Waals surface area contributed by atoms with Crippen molar-refractivity contribution in [3.8, 4) is 5.75 Å². The van der Waals surface area contributed by atoms with Crippen molar-refractivity contribution < 1.29 is 17.9 Å². The van der Waals surface area contributed by atoms with E-state index in [1.807, 2.05) is 30.5 Å². The number of carbonyl (C=O) groups excluding carboxylic acids is 1. The molecule has 0 unspecified atom stereocenters. The quantitative estimate of drug-likeness (QED) is 0.390. The molecule has 0 radical (unpaired) electrons. The van der Waals surface area contributed by atoms with Gasteiger partial charge in [-0.15, -0.1) is 0 Å². The maximum Gasteiger partial charge on any atom is 0.260 e. The molecule has 0 N–H and O–H groups in total. The van der Waals surface area contributed by atoms with Crippen molar-refractivity contribution in [1.29, 1.82) is 0 Å². The van der Waals surface area contributed by atoms with Gasteiger partial charge < -0.3 is 4.74 Å². The molecule has 10 heteroatoms. The Balaban J connectivity index is 1.68. The molecule has 0 aliphatic rings. The van der Waals surface area contributed by atoms with Crippen LogP contribution in [0.2, 0.25) is 0 Å². The molecule has 8 nitrogen and oxygen atoms in total. The fourth-order valence-electron chi connectivity index (χ4n) is 3.18. The fraction of sp³-hybridized carbons (Fsp3) is 0.227. The summed E-state index contributed by atoms with van der Waals surface area (Å²) in [5.74, 6) is 0.462. The molecule has 0 atom stereocenters. The first-order valence-electron chi connectivity index (χ1n) is 9.98. The van der Waals surface area contributed by atoms with Crippen LogP contribution in [0.15, 0.2) is 65.8 Å². The van der Waals surface area contributed by atoms with Crippen molar-refractivity contribution in [1.82, 2.24) is 14.8 Å². The zero-order valence-corrected chi connectivity index (χ0v) is 19.3. The number of nitrogens with zero attached hydrogens (tertiary/aromatic N) is 4. The van der Waals surface area contributed by atoms with E-state index in [4.69, 9.17) is 4.74 Å². The smallest absolute Gasteiger partial charge is 0.260 e. The lowest BCUT2D eigenvalue weighted by Crippen LogP contribution is -2.34. The van der Waals surface area contributed by atoms with Gasteiger partial charge in [0.2, 0.25) is 0 Å². The Labute approximate surface area is 190 Å². The highest BCUT2D eigenvalue weighted by molar-refractivity contribution is 7.91. The first-order chi connectivity index (χ1) is 15.4. The third-order valence-electron chi connectivity index (χ3n) is 5.01. The molecule has 0 aliphatic heterocycles. The molecule has 0 bridgehead atoms. The summed E-state index contributed by atoms with van der Waals surface area (Å²) in [6, 6.07) is 13.4. The molecule has 0 saturated carbocycles. The van der Waals surface area contributed by atoms with E-state index in [0.717, 1.165) is 16.0 Å². The van der Waals surface area contributed by atoms with Crippen molar-refractivity contribution in [3.05, 3.63) is 66.5 Å². The molecule has 0 spiro atoms. The first-order valence-corrected chi connectivity index (χ1v) is 12.4. The predicted molar refractivity (Wildman–Crippen MR) is 124 cm³/mol. The van der Waals surface area contributed by atoms with Crippen molar-refractivity contribution in [2.24, 2.45) is 0 Å². The number of benzene rings is 2. The summed E-state index contributed by atoms with van der Waals surface area (Å²) in [4.78, 5) is 19.9. The average Bonchev–Trinajstić information content (AvgIpc) is 3.48. The molecule has 4 rings (SSSR count). The number of methoxy groups -OCH3 is 1. The summed E-state index contributed by atoms with van der Waals surface area (Å²) in [5, 5.41) is 4.76. The highest BCUT2D eigenvalue weighted by Gasteiger charge is 2.22. The minimum atomic E-state index is -3.34. The fourth-order valence-corrected chi connectivity index (χ4v) is 5.08. The molecule has 0 aliphatic carbocycles. The molecular formula is C22H22N4O4S2. The number of thiazole rings is 1. The molecular weight excluding hydrogens is 448 g/mol. The Morgan fingerprint density at radius 2 is 1.97 bits per heavy atom. The molecule has 1 amide bonds. The Bertz CT molecular complexity index is 1330. The second-order valence-corrected chi connectivity index (χ2v) is 10.3. The van der Waals surface area contributed by atoms with E-state index in [1.54, 1.807) is 41.9 Å². The van der Waals surface area contributed by atoms with Crippen LogP contribution in [0.4, 0.5) is 5.13 Å². The number of anilines is 1. The van der Waals surface area contributed by atoms with Crippen LogP contribution in [0.5, 0.6) is 5.75 Å². The summed E-state index contributed by atoms with van der Waals surface area (Å²) in [6.07, 6.45) is 3.51. The van der Waals surface area contributed by atoms with Gasteiger partial charge in [-0.2, -0.15) is 5.10 Å². The van der Waals surface area contributed by atoms with Crippen molar-refractivity contribution in [2.75, 3.05) is 24.3 Å². The second-order valence-electron chi connectivity index (χ2n) is 6.98. The van der Waals surface area contributed by atoms with Gasteiger partial charge in [0.05, 0.1) is 34.5 Å². The molecule has 2 aromatic heterocycles. The second kappa shape index (κ2) is 9.09. The average molecular weight is 471 g/mol. The van der Waals surface area contributed by atoms with Gasteiger partial charge in [-0.3, -0.25) is 14.4 Å². The van der Waals surface area contributed by atoms with Crippen molar-refractivity contribution in [3.63, 3.8) is 0 Å². The molecule has 32 heavy (non-hydrogen) atoms. The maximum atomic E-state index is 13.4. The SMILES string of the molecule is CCS(=O)(=O)c1ccc(C(=O)N(CCn2cccn2)c2nc3ccc(OC)cc3s2)cc1. The monoisotopic (exact) mass is 470 g/mol. The van der Waals surface area contributed by atoms with Crippen LogP contribution in [0.1, 0.15) is 17.3 Å². The lowest BCUT2D eigenvalue weighted by atomic mass is 10.2. The summed E-state index contributed by atoms with van der Waals surface area (Å²) in [5.41, 5.74) is 1.16. The Kier molecular flexibility index (Phi) is 6.24. The number of ether oxygens (including phenoxy) is 1. The predicted octanol–water partition coefficient (Wildman–Crippen LogP) is 3.64. The number of hydrogen-bond donors (Lipinski definition) is 0. The Morgan fingerprint density at radius 3 is 2.62 bits per heavy atom. The zero-order chi connectivity index (χ0) is 22.7. The normalized spacial score (nSPS) is 11.6. The number of aromatic nitrogens is 3. The third kappa shape index (κ3) is 4.51. The third-order valence-corrected chi connectivity index (χ3v) is 7.80. The summed E-state index contributed by atoms with van der Waals surface area (Å²) in [7, 11) is -1.73. The molecule has 0 saturated heterocycles. The number of amides is 1. The highest BCUT2D eigenvalue weighted by Crippen LogP contribution is 2.32. The van der Waals surface area contributed by atoms with E-state index < -0.39 is 9.84 Å². The van der Waals surface area contributed by atoms with Gasteiger partial charge in [-0.05, 0) is 48.5 Å². The van der Waals surface area contributed by atoms with Gasteiger partial charge in [0, 0.05) is 24.5 Å². The lowest BCUT2D eigenvalue weighted by molar-refractivity contribution is 0.0985. The summed E-state index contributed by atoms with van der Waals surface area (Å²) < 4.78 is 32.1. The standard InChI is InChI=1S/C22H22N4O4S2/c1-3-32(28,29)18-8-5-16(6-9-18)21(27)26(14-13-25-12-4-11-23-25)22-24-19-10-7-17(30-2)15-20(19)31-22/h4-12,15H,3,13-14H2,1-2H3. The number of hydrogen-bond acceptors (Lipinski definition) is 7. The molecule has 0 fully saturated rings. The van der Waals surface area contributed by atoms with Gasteiger partial charge >= 0.3 is 0 Å². The van der Waals surface area contributed by atoms with Crippen molar-refractivity contribution >= 4 is 42.4 Å². The number of sulfone groups is 1. The van der Waals surface area contributed by atoms with Crippen LogP contribution in [0, 0.1) is 0 Å². The minimum absolute atomic E-state index is 0.00541. The molecule has 2 aromatic carbocycles. The number of carbonyl (C=O) groups is 1. The van der Waals surface area contributed by atoms with E-state index >= 15 is 0 Å². The van der Waals surface area contributed by atoms with Crippen molar-refractivity contribution in [2.45, 2.75) is 18.4 Å². The van der Waals surface area contributed by atoms with Gasteiger partial charge in [0.1, 0.15) is 5.75 Å². The molecule has 166 valence electrons. The highest BCUT2D eigenvalue weighted by atomic mass is 32.2. The number of fused-ring (bicyclic) bond motifs is 1. The Hall–Kier alpha value is -3.24. The van der Waals surface area contributed by atoms with E-state index in [2.05, 4.69) is 10.1 Å². The van der Waals surface area contributed by atoms with Crippen LogP contribution in [0.25, 0.3) is 10.2 Å². The van der Waals surface area contributed by atoms with Gasteiger partial charge in [-0.1, -0.05) is 18.3 Å². The van der Waals surface area contributed by atoms with Gasteiger partial charge in [-0.25, -0.2) is 13.4 Å². The molecule has 4 aromatic rings. The van der Waals surface area contributed by atoms with Crippen LogP contribution in [0.3, 0.4) is 0 Å². The summed E-state index contributed by atoms with van der Waals surface area (Å²) in [6.45, 7) is 2.43. The van der Waals surface area contributed by atoms with E-state index in [0.29, 0.717) is 23.8 Å². The lowest BCUT2D eigenvalue weighted by Gasteiger charge is -2.20. The van der Waals surface area contributed by atoms with E-state index in [-0.39, 0.29) is 16.6 Å². The topological polar surface area (TPSA) is 94.4 Å². The van der Waals surface area contributed by atoms with Crippen LogP contribution >= 0.6 is 11.3 Å². The van der Waals surface area contributed by atoms with Gasteiger partial charge in [0.25, 0.3) is 5.91 Å². The Morgan fingerprint density at radius 1 is 1.19 bits per heavy atom.